The molecule has 2 aliphatic rings. The van der Waals surface area contributed by atoms with Gasteiger partial charge in [-0.25, -0.2) is 4.98 Å². The fourth-order valence-electron chi connectivity index (χ4n) is 2.83. The SMILES string of the molecule is O=C(c1c[nH]c(=O)cn1)N1C[C@@H]2CCCN[C@@H]2C1. The van der Waals surface area contributed by atoms with Crippen LogP contribution in [-0.2, 0) is 0 Å². The van der Waals surface area contributed by atoms with Gasteiger partial charge in [0.15, 0.2) is 0 Å². The molecule has 3 heterocycles. The van der Waals surface area contributed by atoms with Gasteiger partial charge in [0.25, 0.3) is 11.5 Å². The van der Waals surface area contributed by atoms with Crippen LogP contribution < -0.4 is 10.9 Å². The van der Waals surface area contributed by atoms with Crippen molar-refractivity contribution < 1.29 is 4.79 Å². The van der Waals surface area contributed by atoms with Crippen LogP contribution in [0.1, 0.15) is 23.3 Å². The molecule has 0 aromatic carbocycles. The van der Waals surface area contributed by atoms with E-state index >= 15 is 0 Å². The number of aromatic amines is 1. The van der Waals surface area contributed by atoms with Crippen molar-refractivity contribution in [2.24, 2.45) is 5.92 Å². The van der Waals surface area contributed by atoms with Crippen LogP contribution in [0.4, 0.5) is 0 Å². The molecule has 2 fully saturated rings. The molecule has 2 atom stereocenters. The van der Waals surface area contributed by atoms with Crippen LogP contribution in [0.25, 0.3) is 0 Å². The van der Waals surface area contributed by atoms with Crippen molar-refractivity contribution in [1.82, 2.24) is 20.2 Å². The fraction of sp³-hybridized carbons (Fsp3) is 0.583. The van der Waals surface area contributed by atoms with Crippen molar-refractivity contribution in [3.63, 3.8) is 0 Å². The highest BCUT2D eigenvalue weighted by molar-refractivity contribution is 5.92. The van der Waals surface area contributed by atoms with Crippen molar-refractivity contribution in [2.75, 3.05) is 19.6 Å². The number of carbonyl (C=O) groups is 1. The van der Waals surface area contributed by atoms with Crippen molar-refractivity contribution in [3.8, 4) is 0 Å². The number of hydrogen-bond donors (Lipinski definition) is 2. The first-order chi connectivity index (χ1) is 8.74. The summed E-state index contributed by atoms with van der Waals surface area (Å²) in [5.41, 5.74) is 0.0246. The second-order valence-corrected chi connectivity index (χ2v) is 4.97. The maximum atomic E-state index is 12.2. The number of amides is 1. The van der Waals surface area contributed by atoms with Gasteiger partial charge >= 0.3 is 0 Å². The molecule has 0 spiro atoms. The predicted octanol–water partition coefficient (Wildman–Crippen LogP) is -0.406. The maximum absolute atomic E-state index is 12.2. The van der Waals surface area contributed by atoms with Crippen LogP contribution in [-0.4, -0.2) is 46.5 Å². The smallest absolute Gasteiger partial charge is 0.274 e. The minimum absolute atomic E-state index is 0.0950. The maximum Gasteiger partial charge on any atom is 0.274 e. The lowest BCUT2D eigenvalue weighted by atomic mass is 9.94. The van der Waals surface area contributed by atoms with E-state index in [0.717, 1.165) is 25.8 Å². The van der Waals surface area contributed by atoms with Gasteiger partial charge in [-0.2, -0.15) is 0 Å². The summed E-state index contributed by atoms with van der Waals surface area (Å²) in [7, 11) is 0. The lowest BCUT2D eigenvalue weighted by molar-refractivity contribution is 0.0779. The second-order valence-electron chi connectivity index (χ2n) is 4.97. The number of carbonyl (C=O) groups excluding carboxylic acids is 1. The summed E-state index contributed by atoms with van der Waals surface area (Å²) in [6.07, 6.45) is 4.90. The van der Waals surface area contributed by atoms with E-state index in [0.29, 0.717) is 17.7 Å². The molecule has 2 saturated heterocycles. The van der Waals surface area contributed by atoms with Gasteiger partial charge in [-0.15, -0.1) is 0 Å². The van der Waals surface area contributed by atoms with E-state index in [1.165, 1.54) is 19.0 Å². The third-order valence-corrected chi connectivity index (χ3v) is 3.78. The molecule has 1 aromatic heterocycles. The number of rotatable bonds is 1. The van der Waals surface area contributed by atoms with E-state index in [1.807, 2.05) is 4.90 Å². The number of nitrogens with one attached hydrogen (secondary N) is 2. The largest absolute Gasteiger partial charge is 0.335 e. The molecular formula is C12H16N4O2. The second kappa shape index (κ2) is 4.53. The molecule has 6 heteroatoms. The average molecular weight is 248 g/mol. The number of fused-ring (bicyclic) bond motifs is 1. The topological polar surface area (TPSA) is 78.1 Å². The van der Waals surface area contributed by atoms with Gasteiger partial charge in [0.2, 0.25) is 0 Å². The van der Waals surface area contributed by atoms with Crippen LogP contribution >= 0.6 is 0 Å². The Morgan fingerprint density at radius 2 is 2.33 bits per heavy atom. The molecule has 96 valence electrons. The molecule has 0 unspecified atom stereocenters. The molecule has 0 bridgehead atoms. The Bertz CT molecular complexity index is 479. The Kier molecular flexibility index (Phi) is 2.87. The fourth-order valence-corrected chi connectivity index (χ4v) is 2.83. The summed E-state index contributed by atoms with van der Waals surface area (Å²) in [5, 5.41) is 3.45. The van der Waals surface area contributed by atoms with E-state index < -0.39 is 0 Å². The Morgan fingerprint density at radius 1 is 1.44 bits per heavy atom. The molecule has 2 aliphatic heterocycles. The van der Waals surface area contributed by atoms with Crippen LogP contribution in [0.15, 0.2) is 17.2 Å². The quantitative estimate of drug-likeness (QED) is 0.708. The van der Waals surface area contributed by atoms with Gasteiger partial charge in [-0.3, -0.25) is 9.59 Å². The first-order valence-electron chi connectivity index (χ1n) is 6.31. The number of piperidine rings is 1. The molecule has 0 saturated carbocycles. The normalized spacial score (nSPS) is 27.0. The first-order valence-corrected chi connectivity index (χ1v) is 6.31. The molecular weight excluding hydrogens is 232 g/mol. The van der Waals surface area contributed by atoms with Gasteiger partial charge in [-0.05, 0) is 25.3 Å². The summed E-state index contributed by atoms with van der Waals surface area (Å²) >= 11 is 0. The highest BCUT2D eigenvalue weighted by Crippen LogP contribution is 2.25. The average Bonchev–Trinajstić information content (AvgIpc) is 2.82. The number of nitrogens with zero attached hydrogens (tertiary/aromatic N) is 2. The predicted molar refractivity (Wildman–Crippen MR) is 65.3 cm³/mol. The number of likely N-dealkylation sites (tertiary alicyclic amines) is 1. The van der Waals surface area contributed by atoms with Gasteiger partial charge in [-0.1, -0.05) is 0 Å². The van der Waals surface area contributed by atoms with Crippen molar-refractivity contribution in [2.45, 2.75) is 18.9 Å². The van der Waals surface area contributed by atoms with Crippen LogP contribution in [0.3, 0.4) is 0 Å². The highest BCUT2D eigenvalue weighted by Gasteiger charge is 2.36. The molecule has 18 heavy (non-hydrogen) atoms. The van der Waals surface area contributed by atoms with Gasteiger partial charge < -0.3 is 15.2 Å². The van der Waals surface area contributed by atoms with E-state index in [9.17, 15) is 9.59 Å². The van der Waals surface area contributed by atoms with E-state index in [2.05, 4.69) is 15.3 Å². The highest BCUT2D eigenvalue weighted by atomic mass is 16.2. The zero-order valence-corrected chi connectivity index (χ0v) is 10.1. The van der Waals surface area contributed by atoms with Gasteiger partial charge in [0.05, 0.1) is 6.20 Å². The molecule has 0 aliphatic carbocycles. The third-order valence-electron chi connectivity index (χ3n) is 3.78. The molecule has 1 amide bonds. The van der Waals surface area contributed by atoms with Gasteiger partial charge in [0, 0.05) is 25.3 Å². The van der Waals surface area contributed by atoms with Crippen molar-refractivity contribution in [1.29, 1.82) is 0 Å². The molecule has 1 aromatic rings. The zero-order chi connectivity index (χ0) is 12.5. The summed E-state index contributed by atoms with van der Waals surface area (Å²) in [6, 6.07) is 0.422. The molecule has 0 radical (unpaired) electrons. The van der Waals surface area contributed by atoms with E-state index in [1.54, 1.807) is 0 Å². The number of H-pyrrole nitrogens is 1. The Balaban J connectivity index is 1.74. The summed E-state index contributed by atoms with van der Waals surface area (Å²) < 4.78 is 0. The van der Waals surface area contributed by atoms with Crippen LogP contribution in [0.5, 0.6) is 0 Å². The molecule has 2 N–H and O–H groups in total. The summed E-state index contributed by atoms with van der Waals surface area (Å²) in [6.45, 7) is 2.57. The van der Waals surface area contributed by atoms with Crippen LogP contribution in [0.2, 0.25) is 0 Å². The Morgan fingerprint density at radius 3 is 3.06 bits per heavy atom. The number of aromatic nitrogens is 2. The zero-order valence-electron chi connectivity index (χ0n) is 10.1. The van der Waals surface area contributed by atoms with Gasteiger partial charge in [0.1, 0.15) is 5.69 Å². The standard InChI is InChI=1S/C12H16N4O2/c17-11-5-14-9(4-15-11)12(18)16-6-8-2-1-3-13-10(8)7-16/h4-5,8,10,13H,1-3,6-7H2,(H,15,17)/t8-,10+/m0/s1. The number of hydrogen-bond acceptors (Lipinski definition) is 4. The molecule has 6 nitrogen and oxygen atoms in total. The van der Waals surface area contributed by atoms with Crippen LogP contribution in [0, 0.1) is 5.92 Å². The lowest BCUT2D eigenvalue weighted by Crippen LogP contribution is -2.41. The van der Waals surface area contributed by atoms with E-state index in [-0.39, 0.29) is 11.5 Å². The minimum atomic E-state index is -0.289. The Labute approximate surface area is 104 Å². The summed E-state index contributed by atoms with van der Waals surface area (Å²) in [5.74, 6) is 0.466. The van der Waals surface area contributed by atoms with E-state index in [4.69, 9.17) is 0 Å². The molecule has 3 rings (SSSR count). The van der Waals surface area contributed by atoms with Crippen molar-refractivity contribution in [3.05, 3.63) is 28.4 Å². The van der Waals surface area contributed by atoms with Crippen molar-refractivity contribution >= 4 is 5.91 Å². The monoisotopic (exact) mass is 248 g/mol. The summed E-state index contributed by atoms with van der Waals surface area (Å²) in [4.78, 5) is 31.3. The minimum Gasteiger partial charge on any atom is -0.335 e. The first kappa shape index (κ1) is 11.4. The third kappa shape index (κ3) is 2.03. The lowest BCUT2D eigenvalue weighted by Gasteiger charge is -2.24. The Hall–Kier alpha value is -1.69.